The predicted molar refractivity (Wildman–Crippen MR) is 67.6 cm³/mol. The van der Waals surface area contributed by atoms with E-state index in [1.165, 1.54) is 38.6 Å². The topological polar surface area (TPSA) is 53.1 Å². The van der Waals surface area contributed by atoms with E-state index in [-0.39, 0.29) is 0 Å². The first-order chi connectivity index (χ1) is 7.66. The summed E-state index contributed by atoms with van der Waals surface area (Å²) >= 11 is 0. The molecule has 1 aliphatic carbocycles. The van der Waals surface area contributed by atoms with E-state index in [0.717, 1.165) is 24.9 Å². The summed E-state index contributed by atoms with van der Waals surface area (Å²) in [5.74, 6) is 1.65. The van der Waals surface area contributed by atoms with Gasteiger partial charge >= 0.3 is 0 Å². The zero-order valence-corrected chi connectivity index (χ0v) is 10.4. The molecule has 2 rings (SSSR count). The highest BCUT2D eigenvalue weighted by Crippen LogP contribution is 2.29. The Kier molecular flexibility index (Phi) is 3.85. The van der Waals surface area contributed by atoms with E-state index in [1.807, 2.05) is 0 Å². The van der Waals surface area contributed by atoms with Gasteiger partial charge in [0.05, 0.1) is 5.84 Å². The summed E-state index contributed by atoms with van der Waals surface area (Å²) in [6.07, 6.45) is 7.81. The molecule has 2 aliphatic rings. The van der Waals surface area contributed by atoms with Crippen molar-refractivity contribution in [3.05, 3.63) is 0 Å². The lowest BCUT2D eigenvalue weighted by molar-refractivity contribution is 0.104. The highest BCUT2D eigenvalue weighted by atomic mass is 15.2. The second-order valence-corrected chi connectivity index (χ2v) is 5.70. The molecular formula is C13H25N3. The van der Waals surface area contributed by atoms with Gasteiger partial charge in [0, 0.05) is 18.5 Å². The second-order valence-electron chi connectivity index (χ2n) is 5.70. The molecule has 3 heteroatoms. The van der Waals surface area contributed by atoms with Crippen molar-refractivity contribution >= 4 is 5.84 Å². The summed E-state index contributed by atoms with van der Waals surface area (Å²) in [6, 6.07) is 0.776. The molecule has 92 valence electrons. The molecule has 0 aromatic carbocycles. The fourth-order valence-corrected chi connectivity index (χ4v) is 3.20. The number of rotatable bonds is 2. The van der Waals surface area contributed by atoms with E-state index in [2.05, 4.69) is 11.8 Å². The first-order valence-electron chi connectivity index (χ1n) is 6.74. The van der Waals surface area contributed by atoms with Crippen molar-refractivity contribution in [2.24, 2.45) is 17.6 Å². The van der Waals surface area contributed by atoms with E-state index in [9.17, 15) is 0 Å². The van der Waals surface area contributed by atoms with Crippen molar-refractivity contribution in [2.75, 3.05) is 13.1 Å². The number of likely N-dealkylation sites (tertiary alicyclic amines) is 1. The summed E-state index contributed by atoms with van der Waals surface area (Å²) in [6.45, 7) is 4.63. The Morgan fingerprint density at radius 3 is 2.50 bits per heavy atom. The molecule has 1 heterocycles. The molecule has 1 saturated carbocycles. The standard InChI is InChI=1S/C13H25N3/c1-10-4-6-12(7-5-10)16-8-2-3-11(9-16)13(14)15/h10-12H,2-9H2,1H3,(H3,14,15). The molecule has 3 nitrogen and oxygen atoms in total. The van der Waals surface area contributed by atoms with Gasteiger partial charge in [-0.15, -0.1) is 0 Å². The third-order valence-corrected chi connectivity index (χ3v) is 4.39. The van der Waals surface area contributed by atoms with Crippen LogP contribution < -0.4 is 5.73 Å². The Balaban J connectivity index is 1.87. The molecule has 1 saturated heterocycles. The number of piperidine rings is 1. The number of hydrogen-bond acceptors (Lipinski definition) is 2. The van der Waals surface area contributed by atoms with Crippen molar-refractivity contribution < 1.29 is 0 Å². The van der Waals surface area contributed by atoms with Crippen molar-refractivity contribution in [3.63, 3.8) is 0 Å². The van der Waals surface area contributed by atoms with E-state index in [4.69, 9.17) is 11.1 Å². The number of nitrogens with zero attached hydrogens (tertiary/aromatic N) is 1. The Labute approximate surface area is 98.9 Å². The van der Waals surface area contributed by atoms with Crippen LogP contribution >= 0.6 is 0 Å². The third kappa shape index (κ3) is 2.76. The quantitative estimate of drug-likeness (QED) is 0.557. The summed E-state index contributed by atoms with van der Waals surface area (Å²) in [7, 11) is 0. The molecule has 2 fully saturated rings. The van der Waals surface area contributed by atoms with Gasteiger partial charge in [-0.2, -0.15) is 0 Å². The molecule has 3 N–H and O–H groups in total. The molecule has 0 spiro atoms. The molecule has 0 aromatic heterocycles. The third-order valence-electron chi connectivity index (χ3n) is 4.39. The van der Waals surface area contributed by atoms with Crippen LogP contribution in [0.2, 0.25) is 0 Å². The molecule has 1 atom stereocenters. The lowest BCUT2D eigenvalue weighted by atomic mass is 9.85. The van der Waals surface area contributed by atoms with Gasteiger partial charge in [0.2, 0.25) is 0 Å². The lowest BCUT2D eigenvalue weighted by Gasteiger charge is -2.40. The molecule has 16 heavy (non-hydrogen) atoms. The first-order valence-corrected chi connectivity index (χ1v) is 6.74. The maximum atomic E-state index is 7.58. The summed E-state index contributed by atoms with van der Waals surface area (Å²) in [4.78, 5) is 2.60. The maximum Gasteiger partial charge on any atom is 0.0949 e. The minimum Gasteiger partial charge on any atom is -0.387 e. The number of nitrogens with one attached hydrogen (secondary N) is 1. The summed E-state index contributed by atoms with van der Waals surface area (Å²) in [5.41, 5.74) is 5.64. The predicted octanol–water partition coefficient (Wildman–Crippen LogP) is 2.21. The molecular weight excluding hydrogens is 198 g/mol. The number of hydrogen-bond donors (Lipinski definition) is 2. The van der Waals surface area contributed by atoms with Crippen LogP contribution in [0.4, 0.5) is 0 Å². The van der Waals surface area contributed by atoms with Crippen LogP contribution in [-0.4, -0.2) is 29.9 Å². The largest absolute Gasteiger partial charge is 0.387 e. The summed E-state index contributed by atoms with van der Waals surface area (Å²) in [5, 5.41) is 7.58. The Hall–Kier alpha value is -0.570. The Bertz CT molecular complexity index is 244. The van der Waals surface area contributed by atoms with Crippen molar-refractivity contribution in [3.8, 4) is 0 Å². The lowest BCUT2D eigenvalue weighted by Crippen LogP contribution is -2.47. The zero-order chi connectivity index (χ0) is 11.5. The van der Waals surface area contributed by atoms with Gasteiger partial charge in [-0.3, -0.25) is 10.3 Å². The highest BCUT2D eigenvalue weighted by molar-refractivity contribution is 5.79. The van der Waals surface area contributed by atoms with E-state index in [1.54, 1.807) is 0 Å². The average Bonchev–Trinajstić information content (AvgIpc) is 2.30. The fraction of sp³-hybridized carbons (Fsp3) is 0.923. The number of amidine groups is 1. The minimum absolute atomic E-state index is 0.327. The van der Waals surface area contributed by atoms with Crippen LogP contribution in [-0.2, 0) is 0 Å². The number of nitrogens with two attached hydrogens (primary N) is 1. The molecule has 1 unspecified atom stereocenters. The smallest absolute Gasteiger partial charge is 0.0949 e. The van der Waals surface area contributed by atoms with Crippen LogP contribution in [0.5, 0.6) is 0 Å². The maximum absolute atomic E-state index is 7.58. The zero-order valence-electron chi connectivity index (χ0n) is 10.4. The van der Waals surface area contributed by atoms with Gasteiger partial charge in [0.1, 0.15) is 0 Å². The SMILES string of the molecule is CC1CCC(N2CCCC(C(=N)N)C2)CC1. The van der Waals surface area contributed by atoms with Gasteiger partial charge in [0.25, 0.3) is 0 Å². The van der Waals surface area contributed by atoms with Crippen molar-refractivity contribution in [1.29, 1.82) is 5.41 Å². The van der Waals surface area contributed by atoms with Gasteiger partial charge in [-0.25, -0.2) is 0 Å². The van der Waals surface area contributed by atoms with Crippen LogP contribution in [0.1, 0.15) is 45.4 Å². The van der Waals surface area contributed by atoms with Crippen LogP contribution in [0, 0.1) is 17.2 Å². The van der Waals surface area contributed by atoms with Crippen LogP contribution in [0.25, 0.3) is 0 Å². The molecule has 0 aromatic rings. The van der Waals surface area contributed by atoms with Gasteiger partial charge < -0.3 is 5.73 Å². The Morgan fingerprint density at radius 1 is 1.19 bits per heavy atom. The Morgan fingerprint density at radius 2 is 1.88 bits per heavy atom. The monoisotopic (exact) mass is 223 g/mol. The molecule has 0 amide bonds. The van der Waals surface area contributed by atoms with Crippen LogP contribution in [0.15, 0.2) is 0 Å². The molecule has 1 aliphatic heterocycles. The normalized spacial score (nSPS) is 37.2. The van der Waals surface area contributed by atoms with E-state index < -0.39 is 0 Å². The first kappa shape index (κ1) is 11.9. The second kappa shape index (κ2) is 5.17. The van der Waals surface area contributed by atoms with Crippen molar-refractivity contribution in [1.82, 2.24) is 4.90 Å². The average molecular weight is 223 g/mol. The summed E-state index contributed by atoms with van der Waals surface area (Å²) < 4.78 is 0. The minimum atomic E-state index is 0.327. The van der Waals surface area contributed by atoms with Gasteiger partial charge in [0.15, 0.2) is 0 Å². The molecule has 0 radical (unpaired) electrons. The van der Waals surface area contributed by atoms with Gasteiger partial charge in [-0.1, -0.05) is 6.92 Å². The van der Waals surface area contributed by atoms with Crippen molar-refractivity contribution in [2.45, 2.75) is 51.5 Å². The highest BCUT2D eigenvalue weighted by Gasteiger charge is 2.29. The van der Waals surface area contributed by atoms with Gasteiger partial charge in [-0.05, 0) is 51.0 Å². The molecule has 0 bridgehead atoms. The van der Waals surface area contributed by atoms with E-state index in [0.29, 0.717) is 11.8 Å². The van der Waals surface area contributed by atoms with E-state index >= 15 is 0 Å². The van der Waals surface area contributed by atoms with Crippen LogP contribution in [0.3, 0.4) is 0 Å². The fourth-order valence-electron chi connectivity index (χ4n) is 3.20.